The molecule has 2 aromatic carbocycles. The van der Waals surface area contributed by atoms with Crippen LogP contribution in [0.25, 0.3) is 16.5 Å². The summed E-state index contributed by atoms with van der Waals surface area (Å²) in [7, 11) is 0. The molecular formula is C14H9ClN2O. The maximum absolute atomic E-state index is 11.9. The van der Waals surface area contributed by atoms with Gasteiger partial charge >= 0.3 is 0 Å². The van der Waals surface area contributed by atoms with Crippen LogP contribution < -0.4 is 9.79 Å². The van der Waals surface area contributed by atoms with Gasteiger partial charge < -0.3 is 5.11 Å². The molecule has 3 nitrogen and oxygen atoms in total. The minimum absolute atomic E-state index is 0.256. The number of halogens is 1. The van der Waals surface area contributed by atoms with E-state index in [1.807, 2.05) is 36.4 Å². The molecule has 0 amide bonds. The number of hydrogen-bond acceptors (Lipinski definition) is 2. The third-order valence-electron chi connectivity index (χ3n) is 2.75. The van der Waals surface area contributed by atoms with Crippen molar-refractivity contribution < 1.29 is 9.79 Å². The number of aromatic nitrogens is 2. The molecule has 1 heterocycles. The predicted molar refractivity (Wildman–Crippen MR) is 67.7 cm³/mol. The molecule has 0 aliphatic carbocycles. The first-order valence-corrected chi connectivity index (χ1v) is 5.87. The molecule has 0 bridgehead atoms. The first kappa shape index (κ1) is 11.0. The van der Waals surface area contributed by atoms with Crippen LogP contribution in [0.2, 0.25) is 5.02 Å². The van der Waals surface area contributed by atoms with Gasteiger partial charge in [0.1, 0.15) is 5.02 Å². The summed E-state index contributed by atoms with van der Waals surface area (Å²) in [5, 5.41) is 17.9. The molecule has 0 aliphatic heterocycles. The van der Waals surface area contributed by atoms with E-state index in [0.29, 0.717) is 16.1 Å². The highest BCUT2D eigenvalue weighted by molar-refractivity contribution is 6.32. The summed E-state index contributed by atoms with van der Waals surface area (Å²) in [5.74, 6) is -0.256. The van der Waals surface area contributed by atoms with Crippen molar-refractivity contribution in [1.82, 2.24) is 5.10 Å². The lowest BCUT2D eigenvalue weighted by Crippen LogP contribution is -2.36. The van der Waals surface area contributed by atoms with Crippen LogP contribution in [0.4, 0.5) is 0 Å². The molecule has 0 unspecified atom stereocenters. The van der Waals surface area contributed by atoms with E-state index in [2.05, 4.69) is 5.10 Å². The van der Waals surface area contributed by atoms with Gasteiger partial charge in [0.25, 0.3) is 5.69 Å². The molecule has 0 aliphatic rings. The summed E-state index contributed by atoms with van der Waals surface area (Å²) in [4.78, 5) is 0. The molecule has 3 aromatic rings. The topological polar surface area (TPSA) is 39.8 Å². The quantitative estimate of drug-likeness (QED) is 0.627. The Hall–Kier alpha value is -2.13. The summed E-state index contributed by atoms with van der Waals surface area (Å²) >= 11 is 6.10. The first-order valence-electron chi connectivity index (χ1n) is 5.49. The number of fused-ring (bicyclic) bond motifs is 1. The highest BCUT2D eigenvalue weighted by atomic mass is 35.5. The standard InChI is InChI=1S/C14H9ClN2O/c15-12-7-3-4-8-13(12)17-9-10-5-1-2-6-11(10)14(18)16-17/h1-9H. The summed E-state index contributed by atoms with van der Waals surface area (Å²) in [5.41, 5.74) is 0.696. The van der Waals surface area contributed by atoms with Gasteiger partial charge in [-0.2, -0.15) is 0 Å². The van der Waals surface area contributed by atoms with Gasteiger partial charge in [0.2, 0.25) is 6.20 Å². The highest BCUT2D eigenvalue weighted by Crippen LogP contribution is 2.19. The third kappa shape index (κ3) is 1.79. The van der Waals surface area contributed by atoms with E-state index in [9.17, 15) is 5.11 Å². The maximum Gasteiger partial charge on any atom is 0.256 e. The van der Waals surface area contributed by atoms with Crippen LogP contribution in [-0.2, 0) is 0 Å². The van der Waals surface area contributed by atoms with Crippen LogP contribution in [0, 0.1) is 0 Å². The van der Waals surface area contributed by atoms with E-state index < -0.39 is 0 Å². The van der Waals surface area contributed by atoms with Crippen molar-refractivity contribution in [2.45, 2.75) is 0 Å². The summed E-state index contributed by atoms with van der Waals surface area (Å²) in [6.45, 7) is 0. The Morgan fingerprint density at radius 2 is 1.72 bits per heavy atom. The van der Waals surface area contributed by atoms with E-state index in [1.165, 1.54) is 4.68 Å². The second-order valence-corrected chi connectivity index (χ2v) is 4.32. The van der Waals surface area contributed by atoms with Crippen LogP contribution in [0.1, 0.15) is 0 Å². The van der Waals surface area contributed by atoms with Gasteiger partial charge in [0, 0.05) is 16.8 Å². The molecule has 0 saturated heterocycles. The lowest BCUT2D eigenvalue weighted by Gasteiger charge is -2.06. The molecule has 0 N–H and O–H groups in total. The summed E-state index contributed by atoms with van der Waals surface area (Å²) in [6, 6.07) is 14.6. The van der Waals surface area contributed by atoms with Gasteiger partial charge in [-0.25, -0.2) is 0 Å². The summed E-state index contributed by atoms with van der Waals surface area (Å²) < 4.78 is 1.52. The van der Waals surface area contributed by atoms with Crippen molar-refractivity contribution >= 4 is 22.4 Å². The highest BCUT2D eigenvalue weighted by Gasteiger charge is 2.13. The monoisotopic (exact) mass is 256 g/mol. The van der Waals surface area contributed by atoms with Crippen LogP contribution in [0.5, 0.6) is 5.88 Å². The molecule has 0 spiro atoms. The molecule has 4 heteroatoms. The number of nitrogens with zero attached hydrogens (tertiary/aromatic N) is 2. The lowest BCUT2D eigenvalue weighted by molar-refractivity contribution is -0.663. The second kappa shape index (κ2) is 4.27. The zero-order valence-corrected chi connectivity index (χ0v) is 10.1. The Morgan fingerprint density at radius 3 is 2.56 bits per heavy atom. The van der Waals surface area contributed by atoms with Gasteiger partial charge in [-0.1, -0.05) is 46.6 Å². The number of rotatable bonds is 1. The Morgan fingerprint density at radius 1 is 1.00 bits per heavy atom. The van der Waals surface area contributed by atoms with E-state index in [4.69, 9.17) is 11.6 Å². The fraction of sp³-hybridized carbons (Fsp3) is 0. The Balaban J connectivity index is 2.28. The van der Waals surface area contributed by atoms with Gasteiger partial charge in [0.05, 0.1) is 5.88 Å². The Labute approximate surface area is 109 Å². The van der Waals surface area contributed by atoms with Gasteiger partial charge in [-0.3, -0.25) is 0 Å². The van der Waals surface area contributed by atoms with Crippen molar-refractivity contribution in [3.8, 4) is 11.6 Å². The molecular weight excluding hydrogens is 248 g/mol. The normalized spacial score (nSPS) is 10.7. The molecule has 0 fully saturated rings. The second-order valence-electron chi connectivity index (χ2n) is 3.92. The van der Waals surface area contributed by atoms with E-state index in [0.717, 1.165) is 5.39 Å². The summed E-state index contributed by atoms with van der Waals surface area (Å²) in [6.07, 6.45) is 1.80. The van der Waals surface area contributed by atoms with Crippen LogP contribution >= 0.6 is 11.6 Å². The molecule has 88 valence electrons. The van der Waals surface area contributed by atoms with E-state index in [-0.39, 0.29) is 5.88 Å². The van der Waals surface area contributed by atoms with Gasteiger partial charge in [-0.05, 0) is 17.2 Å². The molecule has 0 radical (unpaired) electrons. The largest absolute Gasteiger partial charge is 0.854 e. The van der Waals surface area contributed by atoms with Crippen molar-refractivity contribution in [2.24, 2.45) is 0 Å². The van der Waals surface area contributed by atoms with Crippen molar-refractivity contribution in [2.75, 3.05) is 0 Å². The fourth-order valence-electron chi connectivity index (χ4n) is 1.88. The Bertz CT molecular complexity index is 728. The molecule has 0 atom stereocenters. The number of hydrogen-bond donors (Lipinski definition) is 0. The minimum Gasteiger partial charge on any atom is -0.854 e. The fourth-order valence-corrected chi connectivity index (χ4v) is 2.10. The Kier molecular flexibility index (Phi) is 2.61. The van der Waals surface area contributed by atoms with Crippen molar-refractivity contribution in [3.05, 3.63) is 59.8 Å². The van der Waals surface area contributed by atoms with E-state index >= 15 is 0 Å². The average molecular weight is 257 g/mol. The number of para-hydroxylation sites is 1. The minimum atomic E-state index is -0.256. The molecule has 1 aromatic heterocycles. The SMILES string of the molecule is [O-]c1n[n+](-c2ccccc2Cl)cc2ccccc12. The van der Waals surface area contributed by atoms with Gasteiger partial charge in [-0.15, -0.1) is 0 Å². The molecule has 0 saturated carbocycles. The van der Waals surface area contributed by atoms with Crippen LogP contribution in [0.3, 0.4) is 0 Å². The van der Waals surface area contributed by atoms with Crippen LogP contribution in [0.15, 0.2) is 54.7 Å². The number of benzene rings is 2. The van der Waals surface area contributed by atoms with Crippen molar-refractivity contribution in [3.63, 3.8) is 0 Å². The third-order valence-corrected chi connectivity index (χ3v) is 3.07. The van der Waals surface area contributed by atoms with Crippen molar-refractivity contribution in [1.29, 1.82) is 0 Å². The van der Waals surface area contributed by atoms with E-state index in [1.54, 1.807) is 18.3 Å². The van der Waals surface area contributed by atoms with Gasteiger partial charge in [0.15, 0.2) is 0 Å². The molecule has 18 heavy (non-hydrogen) atoms. The smallest absolute Gasteiger partial charge is 0.256 e. The lowest BCUT2D eigenvalue weighted by atomic mass is 10.2. The first-order chi connectivity index (χ1) is 8.75. The zero-order valence-electron chi connectivity index (χ0n) is 9.38. The average Bonchev–Trinajstić information content (AvgIpc) is 2.39. The maximum atomic E-state index is 11.9. The van der Waals surface area contributed by atoms with Crippen LogP contribution in [-0.4, -0.2) is 5.10 Å². The zero-order chi connectivity index (χ0) is 12.5. The predicted octanol–water partition coefficient (Wildman–Crippen LogP) is 2.24. The molecule has 3 rings (SSSR count).